The molecule has 0 radical (unpaired) electrons. The van der Waals surface area contributed by atoms with E-state index < -0.39 is 6.04 Å². The normalized spacial score (nSPS) is 11.9. The zero-order chi connectivity index (χ0) is 14.8. The minimum atomic E-state index is -0.453. The quantitative estimate of drug-likeness (QED) is 0.699. The minimum absolute atomic E-state index is 0.239. The van der Waals surface area contributed by atoms with Crippen molar-refractivity contribution in [3.63, 3.8) is 0 Å². The lowest BCUT2D eigenvalue weighted by Crippen LogP contribution is -2.42. The van der Waals surface area contributed by atoms with Gasteiger partial charge in [0.2, 0.25) is 0 Å². The van der Waals surface area contributed by atoms with E-state index in [0.29, 0.717) is 25.5 Å². The van der Waals surface area contributed by atoms with E-state index in [-0.39, 0.29) is 12.6 Å². The Balaban J connectivity index is 2.57. The molecule has 0 aliphatic heterocycles. The third-order valence-electron chi connectivity index (χ3n) is 2.65. The number of ether oxygens (including phenoxy) is 3. The monoisotopic (exact) mass is 281 g/mol. The summed E-state index contributed by atoms with van der Waals surface area (Å²) in [5, 5.41) is 3.05. The van der Waals surface area contributed by atoms with E-state index in [1.165, 1.54) is 0 Å². The number of rotatable bonds is 9. The van der Waals surface area contributed by atoms with E-state index >= 15 is 0 Å². The number of methoxy groups -OCH3 is 1. The fourth-order valence-corrected chi connectivity index (χ4v) is 1.77. The number of hydrogen-bond donors (Lipinski definition) is 1. The van der Waals surface area contributed by atoms with Gasteiger partial charge in [-0.15, -0.1) is 0 Å². The zero-order valence-electron chi connectivity index (χ0n) is 12.3. The second kappa shape index (κ2) is 9.34. The van der Waals surface area contributed by atoms with Gasteiger partial charge >= 0.3 is 5.97 Å². The van der Waals surface area contributed by atoms with Crippen molar-refractivity contribution >= 4 is 5.97 Å². The molecule has 0 spiro atoms. The largest absolute Gasteiger partial charge is 0.491 e. The molecule has 0 aromatic heterocycles. The molecule has 1 aromatic rings. The Morgan fingerprint density at radius 3 is 2.80 bits per heavy atom. The molecule has 5 heteroatoms. The second-order valence-electron chi connectivity index (χ2n) is 4.25. The molecule has 0 bridgehead atoms. The predicted octanol–water partition coefficient (Wildman–Crippen LogP) is 1.75. The first-order valence-corrected chi connectivity index (χ1v) is 6.81. The summed E-state index contributed by atoms with van der Waals surface area (Å²) in [5.41, 5.74) is 1.03. The molecule has 5 nitrogen and oxygen atoms in total. The maximum atomic E-state index is 11.7. The smallest absolute Gasteiger partial charge is 0.326 e. The lowest BCUT2D eigenvalue weighted by atomic mass is 10.2. The van der Waals surface area contributed by atoms with E-state index in [1.807, 2.05) is 31.2 Å². The summed E-state index contributed by atoms with van der Waals surface area (Å²) in [5.74, 6) is 0.425. The molecule has 1 aromatic carbocycles. The molecule has 0 saturated heterocycles. The third-order valence-corrected chi connectivity index (χ3v) is 2.65. The lowest BCUT2D eigenvalue weighted by Gasteiger charge is -2.17. The SMILES string of the molecule is CCNC(COc1cccc(COC)c1)C(=O)OCC. The van der Waals surface area contributed by atoms with Crippen LogP contribution in [0, 0.1) is 0 Å². The van der Waals surface area contributed by atoms with Gasteiger partial charge in [0.1, 0.15) is 18.4 Å². The number of likely N-dealkylation sites (N-methyl/N-ethyl adjacent to an activating group) is 1. The van der Waals surface area contributed by atoms with Gasteiger partial charge < -0.3 is 19.5 Å². The van der Waals surface area contributed by atoms with Crippen molar-refractivity contribution in [3.05, 3.63) is 29.8 Å². The van der Waals surface area contributed by atoms with Crippen molar-refractivity contribution in [2.45, 2.75) is 26.5 Å². The first-order chi connectivity index (χ1) is 9.71. The van der Waals surface area contributed by atoms with Crippen LogP contribution in [-0.4, -0.2) is 38.9 Å². The van der Waals surface area contributed by atoms with Crippen LogP contribution in [0.3, 0.4) is 0 Å². The molecule has 1 atom stereocenters. The molecule has 0 fully saturated rings. The molecule has 1 unspecified atom stereocenters. The van der Waals surface area contributed by atoms with Gasteiger partial charge in [0.25, 0.3) is 0 Å². The number of carbonyl (C=O) groups is 1. The average molecular weight is 281 g/mol. The van der Waals surface area contributed by atoms with Crippen LogP contribution in [0.15, 0.2) is 24.3 Å². The lowest BCUT2D eigenvalue weighted by molar-refractivity contribution is -0.146. The van der Waals surface area contributed by atoms with Crippen LogP contribution in [-0.2, 0) is 20.9 Å². The van der Waals surface area contributed by atoms with E-state index in [4.69, 9.17) is 14.2 Å². The standard InChI is InChI=1S/C15H23NO4/c1-4-16-14(15(17)19-5-2)11-20-13-8-6-7-12(9-13)10-18-3/h6-9,14,16H,4-5,10-11H2,1-3H3. The highest BCUT2D eigenvalue weighted by Gasteiger charge is 2.19. The summed E-state index contributed by atoms with van der Waals surface area (Å²) in [6.45, 7) is 5.54. The van der Waals surface area contributed by atoms with Crippen LogP contribution in [0.25, 0.3) is 0 Å². The summed E-state index contributed by atoms with van der Waals surface area (Å²) >= 11 is 0. The van der Waals surface area contributed by atoms with Crippen LogP contribution in [0.5, 0.6) is 5.75 Å². The van der Waals surface area contributed by atoms with Crippen molar-refractivity contribution in [2.24, 2.45) is 0 Å². The number of hydrogen-bond acceptors (Lipinski definition) is 5. The molecule has 0 amide bonds. The summed E-state index contributed by atoms with van der Waals surface area (Å²) < 4.78 is 15.7. The number of carbonyl (C=O) groups excluding carboxylic acids is 1. The molecule has 112 valence electrons. The van der Waals surface area contributed by atoms with Gasteiger partial charge in [0.15, 0.2) is 0 Å². The van der Waals surface area contributed by atoms with Gasteiger partial charge in [-0.05, 0) is 31.2 Å². The van der Waals surface area contributed by atoms with E-state index in [1.54, 1.807) is 14.0 Å². The molecular formula is C15H23NO4. The maximum Gasteiger partial charge on any atom is 0.326 e. The Hall–Kier alpha value is -1.59. The van der Waals surface area contributed by atoms with Crippen LogP contribution >= 0.6 is 0 Å². The second-order valence-corrected chi connectivity index (χ2v) is 4.25. The van der Waals surface area contributed by atoms with Gasteiger partial charge in [-0.1, -0.05) is 19.1 Å². The Morgan fingerprint density at radius 1 is 1.35 bits per heavy atom. The Labute approximate surface area is 120 Å². The van der Waals surface area contributed by atoms with Crippen molar-refractivity contribution in [1.29, 1.82) is 0 Å². The average Bonchev–Trinajstić information content (AvgIpc) is 2.44. The molecule has 20 heavy (non-hydrogen) atoms. The van der Waals surface area contributed by atoms with Crippen LogP contribution in [0.1, 0.15) is 19.4 Å². The Morgan fingerprint density at radius 2 is 2.15 bits per heavy atom. The van der Waals surface area contributed by atoms with Gasteiger partial charge in [-0.25, -0.2) is 0 Å². The molecule has 0 aliphatic carbocycles. The third kappa shape index (κ3) is 5.59. The van der Waals surface area contributed by atoms with Crippen molar-refractivity contribution in [2.75, 3.05) is 26.9 Å². The highest BCUT2D eigenvalue weighted by molar-refractivity contribution is 5.76. The minimum Gasteiger partial charge on any atom is -0.491 e. The van der Waals surface area contributed by atoms with Crippen LogP contribution in [0.2, 0.25) is 0 Å². The fraction of sp³-hybridized carbons (Fsp3) is 0.533. The van der Waals surface area contributed by atoms with Crippen LogP contribution in [0.4, 0.5) is 0 Å². The highest BCUT2D eigenvalue weighted by Crippen LogP contribution is 2.14. The summed E-state index contributed by atoms with van der Waals surface area (Å²) in [7, 11) is 1.65. The molecular weight excluding hydrogens is 258 g/mol. The van der Waals surface area contributed by atoms with E-state index in [2.05, 4.69) is 5.32 Å². The van der Waals surface area contributed by atoms with Gasteiger partial charge in [0.05, 0.1) is 13.2 Å². The van der Waals surface area contributed by atoms with E-state index in [9.17, 15) is 4.79 Å². The summed E-state index contributed by atoms with van der Waals surface area (Å²) in [4.78, 5) is 11.7. The first kappa shape index (κ1) is 16.5. The molecule has 0 heterocycles. The zero-order valence-corrected chi connectivity index (χ0v) is 12.3. The first-order valence-electron chi connectivity index (χ1n) is 6.81. The molecule has 0 saturated carbocycles. The Bertz CT molecular complexity index is 409. The fourth-order valence-electron chi connectivity index (χ4n) is 1.77. The van der Waals surface area contributed by atoms with Gasteiger partial charge in [-0.2, -0.15) is 0 Å². The molecule has 0 aliphatic rings. The number of esters is 1. The summed E-state index contributed by atoms with van der Waals surface area (Å²) in [6, 6.07) is 7.16. The van der Waals surface area contributed by atoms with Crippen molar-refractivity contribution < 1.29 is 19.0 Å². The van der Waals surface area contributed by atoms with Crippen LogP contribution < -0.4 is 10.1 Å². The number of nitrogens with one attached hydrogen (secondary N) is 1. The maximum absolute atomic E-state index is 11.7. The van der Waals surface area contributed by atoms with E-state index in [0.717, 1.165) is 5.56 Å². The van der Waals surface area contributed by atoms with Crippen molar-refractivity contribution in [3.8, 4) is 5.75 Å². The van der Waals surface area contributed by atoms with Gasteiger partial charge in [-0.3, -0.25) is 4.79 Å². The van der Waals surface area contributed by atoms with Gasteiger partial charge in [0, 0.05) is 7.11 Å². The predicted molar refractivity (Wildman–Crippen MR) is 76.7 cm³/mol. The topological polar surface area (TPSA) is 56.8 Å². The highest BCUT2D eigenvalue weighted by atomic mass is 16.5. The molecule has 1 rings (SSSR count). The number of benzene rings is 1. The Kier molecular flexibility index (Phi) is 7.69. The summed E-state index contributed by atoms with van der Waals surface area (Å²) in [6.07, 6.45) is 0. The molecule has 1 N–H and O–H groups in total. The van der Waals surface area contributed by atoms with Crippen molar-refractivity contribution in [1.82, 2.24) is 5.32 Å².